The van der Waals surface area contributed by atoms with Crippen molar-refractivity contribution in [1.82, 2.24) is 4.90 Å². The standard InChI is InChI=1S/C12H22N2O/c1-5-7-11(15)14(8-6-2)10-12(3,4)9-13/h1H,6-10,13H2,2-4H3. The highest BCUT2D eigenvalue weighted by Gasteiger charge is 2.22. The molecule has 86 valence electrons. The number of amides is 1. The van der Waals surface area contributed by atoms with Crippen LogP contribution in [-0.4, -0.2) is 30.4 Å². The summed E-state index contributed by atoms with van der Waals surface area (Å²) in [6.07, 6.45) is 6.26. The van der Waals surface area contributed by atoms with Crippen molar-refractivity contribution in [2.24, 2.45) is 11.1 Å². The second-order valence-corrected chi connectivity index (χ2v) is 4.56. The number of nitrogens with zero attached hydrogens (tertiary/aromatic N) is 1. The molecule has 0 saturated heterocycles. The third-order valence-corrected chi connectivity index (χ3v) is 2.27. The number of rotatable bonds is 6. The molecule has 3 heteroatoms. The zero-order valence-corrected chi connectivity index (χ0v) is 10.0. The van der Waals surface area contributed by atoms with Gasteiger partial charge in [0, 0.05) is 13.1 Å². The van der Waals surface area contributed by atoms with E-state index in [-0.39, 0.29) is 17.7 Å². The minimum absolute atomic E-state index is 0.0286. The van der Waals surface area contributed by atoms with E-state index in [2.05, 4.69) is 19.8 Å². The van der Waals surface area contributed by atoms with Gasteiger partial charge in [0.2, 0.25) is 5.91 Å². The van der Waals surface area contributed by atoms with Gasteiger partial charge in [-0.05, 0) is 18.4 Å². The van der Waals surface area contributed by atoms with Crippen molar-refractivity contribution < 1.29 is 4.79 Å². The van der Waals surface area contributed by atoms with Crippen LogP contribution in [0.4, 0.5) is 0 Å². The summed E-state index contributed by atoms with van der Waals surface area (Å²) in [7, 11) is 0. The Bertz CT molecular complexity index is 240. The molecule has 0 fully saturated rings. The lowest BCUT2D eigenvalue weighted by Gasteiger charge is -2.31. The third kappa shape index (κ3) is 5.44. The van der Waals surface area contributed by atoms with E-state index in [4.69, 9.17) is 12.2 Å². The van der Waals surface area contributed by atoms with Crippen molar-refractivity contribution in [3.05, 3.63) is 0 Å². The molecule has 0 aliphatic carbocycles. The number of carbonyl (C=O) groups is 1. The largest absolute Gasteiger partial charge is 0.341 e. The van der Waals surface area contributed by atoms with Gasteiger partial charge in [0.1, 0.15) is 0 Å². The molecule has 0 heterocycles. The summed E-state index contributed by atoms with van der Waals surface area (Å²) in [4.78, 5) is 13.5. The van der Waals surface area contributed by atoms with Gasteiger partial charge in [0.05, 0.1) is 6.42 Å². The Morgan fingerprint density at radius 3 is 2.53 bits per heavy atom. The van der Waals surface area contributed by atoms with Crippen LogP contribution in [-0.2, 0) is 4.79 Å². The maximum absolute atomic E-state index is 11.7. The van der Waals surface area contributed by atoms with Crippen molar-refractivity contribution >= 4 is 5.91 Å². The molecule has 0 aromatic rings. The predicted octanol–water partition coefficient (Wildman–Crippen LogP) is 1.23. The first kappa shape index (κ1) is 14.0. The van der Waals surface area contributed by atoms with Crippen molar-refractivity contribution in [1.29, 1.82) is 0 Å². The molecule has 0 rings (SSSR count). The lowest BCUT2D eigenvalue weighted by Crippen LogP contribution is -2.42. The monoisotopic (exact) mass is 210 g/mol. The molecule has 1 amide bonds. The maximum Gasteiger partial charge on any atom is 0.234 e. The quantitative estimate of drug-likeness (QED) is 0.670. The van der Waals surface area contributed by atoms with Crippen LogP contribution in [0.3, 0.4) is 0 Å². The van der Waals surface area contributed by atoms with Gasteiger partial charge in [-0.1, -0.05) is 26.7 Å². The van der Waals surface area contributed by atoms with Crippen LogP contribution in [0.25, 0.3) is 0 Å². The fraction of sp³-hybridized carbons (Fsp3) is 0.750. The van der Waals surface area contributed by atoms with Gasteiger partial charge in [-0.15, -0.1) is 6.42 Å². The summed E-state index contributed by atoms with van der Waals surface area (Å²) in [6, 6.07) is 0. The summed E-state index contributed by atoms with van der Waals surface area (Å²) in [6.45, 7) is 8.15. The molecular formula is C12H22N2O. The summed E-state index contributed by atoms with van der Waals surface area (Å²) < 4.78 is 0. The topological polar surface area (TPSA) is 46.3 Å². The smallest absolute Gasteiger partial charge is 0.234 e. The average Bonchev–Trinajstić information content (AvgIpc) is 2.17. The highest BCUT2D eigenvalue weighted by molar-refractivity contribution is 5.78. The molecule has 0 radical (unpaired) electrons. The molecule has 2 N–H and O–H groups in total. The third-order valence-electron chi connectivity index (χ3n) is 2.27. The van der Waals surface area contributed by atoms with Crippen molar-refractivity contribution in [2.45, 2.75) is 33.6 Å². The summed E-state index contributed by atoms with van der Waals surface area (Å²) >= 11 is 0. The number of terminal acetylenes is 1. The summed E-state index contributed by atoms with van der Waals surface area (Å²) in [5.41, 5.74) is 5.60. The minimum Gasteiger partial charge on any atom is -0.341 e. The van der Waals surface area contributed by atoms with E-state index in [9.17, 15) is 4.79 Å². The zero-order valence-electron chi connectivity index (χ0n) is 10.0. The fourth-order valence-corrected chi connectivity index (χ4v) is 1.34. The second kappa shape index (κ2) is 6.47. The van der Waals surface area contributed by atoms with Crippen molar-refractivity contribution in [2.75, 3.05) is 19.6 Å². The Kier molecular flexibility index (Phi) is 6.03. The normalized spacial score (nSPS) is 10.9. The van der Waals surface area contributed by atoms with Gasteiger partial charge in [-0.2, -0.15) is 0 Å². The Hall–Kier alpha value is -1.01. The first-order chi connectivity index (χ1) is 6.96. The Morgan fingerprint density at radius 1 is 1.53 bits per heavy atom. The van der Waals surface area contributed by atoms with Gasteiger partial charge in [0.25, 0.3) is 0 Å². The number of nitrogens with two attached hydrogens (primary N) is 1. The highest BCUT2D eigenvalue weighted by Crippen LogP contribution is 2.15. The van der Waals surface area contributed by atoms with Crippen LogP contribution in [0.2, 0.25) is 0 Å². The van der Waals surface area contributed by atoms with Crippen LogP contribution in [0.15, 0.2) is 0 Å². The summed E-state index contributed by atoms with van der Waals surface area (Å²) in [5, 5.41) is 0. The summed E-state index contributed by atoms with van der Waals surface area (Å²) in [5.74, 6) is 2.42. The van der Waals surface area contributed by atoms with Crippen LogP contribution >= 0.6 is 0 Å². The fourth-order valence-electron chi connectivity index (χ4n) is 1.34. The average molecular weight is 210 g/mol. The van der Waals surface area contributed by atoms with Crippen molar-refractivity contribution in [3.8, 4) is 12.3 Å². The number of hydrogen-bond donors (Lipinski definition) is 1. The highest BCUT2D eigenvalue weighted by atomic mass is 16.2. The number of hydrogen-bond acceptors (Lipinski definition) is 2. The molecule has 0 spiro atoms. The van der Waals surface area contributed by atoms with E-state index >= 15 is 0 Å². The van der Waals surface area contributed by atoms with Crippen molar-refractivity contribution in [3.63, 3.8) is 0 Å². The van der Waals surface area contributed by atoms with Gasteiger partial charge >= 0.3 is 0 Å². The van der Waals surface area contributed by atoms with Gasteiger partial charge in [-0.25, -0.2) is 0 Å². The maximum atomic E-state index is 11.7. The van der Waals surface area contributed by atoms with Crippen LogP contribution in [0.5, 0.6) is 0 Å². The van der Waals surface area contributed by atoms with Gasteiger partial charge in [0.15, 0.2) is 0 Å². The molecule has 15 heavy (non-hydrogen) atoms. The van der Waals surface area contributed by atoms with E-state index in [0.717, 1.165) is 13.0 Å². The Labute approximate surface area is 93.0 Å². The molecule has 0 aromatic heterocycles. The first-order valence-corrected chi connectivity index (χ1v) is 5.38. The van der Waals surface area contributed by atoms with E-state index in [1.807, 2.05) is 11.8 Å². The van der Waals surface area contributed by atoms with Crippen LogP contribution in [0, 0.1) is 17.8 Å². The van der Waals surface area contributed by atoms with Gasteiger partial charge < -0.3 is 10.6 Å². The molecule has 0 aliphatic rings. The zero-order chi connectivity index (χ0) is 11.9. The van der Waals surface area contributed by atoms with Gasteiger partial charge in [-0.3, -0.25) is 4.79 Å². The van der Waals surface area contributed by atoms with Crippen LogP contribution < -0.4 is 5.73 Å². The predicted molar refractivity (Wildman–Crippen MR) is 63.2 cm³/mol. The Balaban J connectivity index is 4.40. The van der Waals surface area contributed by atoms with Crippen LogP contribution in [0.1, 0.15) is 33.6 Å². The van der Waals surface area contributed by atoms with E-state index in [1.54, 1.807) is 0 Å². The SMILES string of the molecule is C#CCC(=O)N(CCC)CC(C)(C)CN. The van der Waals surface area contributed by atoms with E-state index in [0.29, 0.717) is 13.1 Å². The molecule has 0 atom stereocenters. The molecule has 0 aliphatic heterocycles. The molecule has 0 aromatic carbocycles. The second-order valence-electron chi connectivity index (χ2n) is 4.56. The minimum atomic E-state index is -0.0422. The molecule has 0 unspecified atom stereocenters. The molecular weight excluding hydrogens is 188 g/mol. The molecule has 3 nitrogen and oxygen atoms in total. The van der Waals surface area contributed by atoms with E-state index in [1.165, 1.54) is 0 Å². The molecule has 0 bridgehead atoms. The number of carbonyl (C=O) groups excluding carboxylic acids is 1. The molecule has 0 saturated carbocycles. The van der Waals surface area contributed by atoms with E-state index < -0.39 is 0 Å². The first-order valence-electron chi connectivity index (χ1n) is 5.38. The Morgan fingerprint density at radius 2 is 2.13 bits per heavy atom. The lowest BCUT2D eigenvalue weighted by molar-refractivity contribution is -0.131. The lowest BCUT2D eigenvalue weighted by atomic mass is 9.93.